The number of aromatic nitrogens is 2. The molecule has 0 fully saturated rings. The maximum absolute atomic E-state index is 13.3. The third kappa shape index (κ3) is 3.87. The summed E-state index contributed by atoms with van der Waals surface area (Å²) in [6.45, 7) is 5.29. The van der Waals surface area contributed by atoms with Gasteiger partial charge in [-0.25, -0.2) is 14.8 Å². The summed E-state index contributed by atoms with van der Waals surface area (Å²) in [6.07, 6.45) is -0.174. The number of hydrogen-bond donors (Lipinski definition) is 3. The molecule has 3 aromatic rings. The molecule has 2 aromatic heterocycles. The Morgan fingerprint density at radius 3 is 2.89 bits per heavy atom. The van der Waals surface area contributed by atoms with E-state index in [0.29, 0.717) is 10.2 Å². The van der Waals surface area contributed by atoms with E-state index >= 15 is 0 Å². The highest BCUT2D eigenvalue weighted by Crippen LogP contribution is 2.25. The van der Waals surface area contributed by atoms with Gasteiger partial charge in [-0.15, -0.1) is 11.3 Å². The first-order valence-corrected chi connectivity index (χ1v) is 8.89. The quantitative estimate of drug-likeness (QED) is 0.471. The van der Waals surface area contributed by atoms with Crippen LogP contribution in [0, 0.1) is 19.7 Å². The minimum Gasteiger partial charge on any atom is -0.507 e. The maximum atomic E-state index is 13.3. The van der Waals surface area contributed by atoms with Crippen molar-refractivity contribution in [3.63, 3.8) is 0 Å². The van der Waals surface area contributed by atoms with Gasteiger partial charge in [0.05, 0.1) is 17.5 Å². The van der Waals surface area contributed by atoms with Gasteiger partial charge in [-0.1, -0.05) is 0 Å². The minimum absolute atomic E-state index is 0.146. The van der Waals surface area contributed by atoms with E-state index in [4.69, 9.17) is 0 Å². The molecule has 7 nitrogen and oxygen atoms in total. The minimum atomic E-state index is -0.528. The lowest BCUT2D eigenvalue weighted by Crippen LogP contribution is -2.24. The lowest BCUT2D eigenvalue weighted by molar-refractivity contribution is -0.120. The molecule has 0 atom stereocenters. The molecule has 0 spiro atoms. The average molecular weight is 388 g/mol. The predicted octanol–water partition coefficient (Wildman–Crippen LogP) is 2.53. The van der Waals surface area contributed by atoms with Crippen LogP contribution in [-0.2, 0) is 11.2 Å². The normalized spacial score (nSPS) is 11.8. The van der Waals surface area contributed by atoms with Crippen molar-refractivity contribution < 1.29 is 14.3 Å². The fourth-order valence-corrected chi connectivity index (χ4v) is 3.63. The highest BCUT2D eigenvalue weighted by molar-refractivity contribution is 7.18. The molecule has 0 saturated carbocycles. The zero-order valence-corrected chi connectivity index (χ0v) is 15.7. The van der Waals surface area contributed by atoms with Crippen LogP contribution in [0.25, 0.3) is 10.2 Å². The number of carbonyl (C=O) groups excluding carboxylic acids is 1. The van der Waals surface area contributed by atoms with Crippen molar-refractivity contribution in [3.8, 4) is 5.75 Å². The number of aryl methyl sites for hydroxylation is 2. The number of benzene rings is 1. The van der Waals surface area contributed by atoms with E-state index in [1.165, 1.54) is 24.3 Å². The molecule has 0 aliphatic carbocycles. The lowest BCUT2D eigenvalue weighted by atomic mass is 10.1. The van der Waals surface area contributed by atoms with Gasteiger partial charge >= 0.3 is 0 Å². The number of nitrogens with zero attached hydrogens (tertiary/aromatic N) is 2. The number of phenolic OH excluding ortho intramolecular Hbond substituents is 1. The summed E-state index contributed by atoms with van der Waals surface area (Å²) in [6, 6.07) is 3.45. The van der Waals surface area contributed by atoms with Crippen LogP contribution in [0.15, 0.2) is 28.1 Å². The van der Waals surface area contributed by atoms with E-state index in [2.05, 4.69) is 20.5 Å². The summed E-state index contributed by atoms with van der Waals surface area (Å²) >= 11 is 1.40. The highest BCUT2D eigenvalue weighted by atomic mass is 32.1. The zero-order valence-electron chi connectivity index (χ0n) is 14.9. The molecule has 1 aromatic carbocycles. The van der Waals surface area contributed by atoms with E-state index < -0.39 is 11.7 Å². The molecule has 3 N–H and O–H groups in total. The van der Waals surface area contributed by atoms with E-state index in [-0.39, 0.29) is 34.8 Å². The number of aromatic amines is 1. The predicted molar refractivity (Wildman–Crippen MR) is 102 cm³/mol. The molecule has 140 valence electrons. The van der Waals surface area contributed by atoms with Crippen molar-refractivity contribution in [1.82, 2.24) is 15.4 Å². The van der Waals surface area contributed by atoms with E-state index in [1.54, 1.807) is 0 Å². The Hall–Kier alpha value is -3.07. The Bertz CT molecular complexity index is 1130. The Morgan fingerprint density at radius 2 is 2.15 bits per heavy atom. The number of aromatic hydroxyl groups is 1. The third-order valence-electron chi connectivity index (χ3n) is 4.11. The first-order chi connectivity index (χ1) is 12.8. The number of phenols is 1. The molecule has 9 heteroatoms. The van der Waals surface area contributed by atoms with E-state index in [9.17, 15) is 19.1 Å². The average Bonchev–Trinajstić information content (AvgIpc) is 2.89. The third-order valence-corrected chi connectivity index (χ3v) is 5.21. The second-order valence-corrected chi connectivity index (χ2v) is 7.25. The van der Waals surface area contributed by atoms with Crippen molar-refractivity contribution >= 4 is 33.2 Å². The van der Waals surface area contributed by atoms with Crippen molar-refractivity contribution in [3.05, 3.63) is 56.2 Å². The lowest BCUT2D eigenvalue weighted by Gasteiger charge is -2.05. The van der Waals surface area contributed by atoms with Crippen LogP contribution in [0.3, 0.4) is 0 Å². The summed E-state index contributed by atoms with van der Waals surface area (Å²) in [4.78, 5) is 32.9. The summed E-state index contributed by atoms with van der Waals surface area (Å²) in [5.74, 6) is -0.947. The van der Waals surface area contributed by atoms with E-state index in [1.807, 2.05) is 13.8 Å². The van der Waals surface area contributed by atoms with Crippen molar-refractivity contribution in [2.45, 2.75) is 27.2 Å². The van der Waals surface area contributed by atoms with Gasteiger partial charge in [0, 0.05) is 10.4 Å². The molecule has 0 aliphatic heterocycles. The second-order valence-electron chi connectivity index (χ2n) is 6.05. The number of H-pyrrole nitrogens is 1. The smallest absolute Gasteiger partial charge is 0.259 e. The number of thiophene rings is 1. The number of rotatable bonds is 4. The van der Waals surface area contributed by atoms with Gasteiger partial charge in [-0.3, -0.25) is 9.59 Å². The van der Waals surface area contributed by atoms with Crippen LogP contribution in [0.4, 0.5) is 4.39 Å². The summed E-state index contributed by atoms with van der Waals surface area (Å²) < 4.78 is 13.3. The van der Waals surface area contributed by atoms with Gasteiger partial charge in [0.15, 0.2) is 0 Å². The zero-order chi connectivity index (χ0) is 19.7. The Labute approximate surface area is 157 Å². The monoisotopic (exact) mass is 388 g/mol. The topological polar surface area (TPSA) is 107 Å². The van der Waals surface area contributed by atoms with Gasteiger partial charge in [-0.05, 0) is 44.5 Å². The molecule has 3 rings (SSSR count). The van der Waals surface area contributed by atoms with Crippen molar-refractivity contribution in [1.29, 1.82) is 0 Å². The van der Waals surface area contributed by atoms with Gasteiger partial charge in [0.1, 0.15) is 22.2 Å². The second kappa shape index (κ2) is 7.28. The first kappa shape index (κ1) is 18.7. The van der Waals surface area contributed by atoms with Gasteiger partial charge in [0.25, 0.3) is 5.56 Å². The Morgan fingerprint density at radius 1 is 1.41 bits per heavy atom. The SMILES string of the molecule is C/C(=N\NC(=O)Cc1nc2sc(C)c(C)c2c(=O)[nH]1)c1cc(F)ccc1O. The van der Waals surface area contributed by atoms with Gasteiger partial charge < -0.3 is 10.1 Å². The fraction of sp³-hybridized carbons (Fsp3) is 0.222. The number of hydrazone groups is 1. The molecular weight excluding hydrogens is 371 g/mol. The summed E-state index contributed by atoms with van der Waals surface area (Å²) in [7, 11) is 0. The summed E-state index contributed by atoms with van der Waals surface area (Å²) in [5.41, 5.74) is 3.33. The highest BCUT2D eigenvalue weighted by Gasteiger charge is 2.14. The standard InChI is InChI=1S/C18H17FN4O3S/c1-8-10(3)27-18-16(8)17(26)20-14(21-18)7-15(25)23-22-9(2)12-6-11(19)4-5-13(12)24/h4-6,24H,7H2,1-3H3,(H,23,25)(H,20,21,26)/b22-9+. The van der Waals surface area contributed by atoms with Crippen LogP contribution in [0.5, 0.6) is 5.75 Å². The number of amides is 1. The fourth-order valence-electron chi connectivity index (χ4n) is 2.58. The molecule has 0 bridgehead atoms. The van der Waals surface area contributed by atoms with Crippen LogP contribution in [0.1, 0.15) is 28.8 Å². The molecule has 0 saturated heterocycles. The molecule has 0 unspecified atom stereocenters. The number of fused-ring (bicyclic) bond motifs is 1. The largest absolute Gasteiger partial charge is 0.507 e. The molecule has 0 radical (unpaired) electrons. The number of hydrogen-bond acceptors (Lipinski definition) is 6. The van der Waals surface area contributed by atoms with E-state index in [0.717, 1.165) is 22.6 Å². The van der Waals surface area contributed by atoms with Crippen molar-refractivity contribution in [2.24, 2.45) is 5.10 Å². The number of halogens is 1. The maximum Gasteiger partial charge on any atom is 0.259 e. The molecule has 27 heavy (non-hydrogen) atoms. The van der Waals surface area contributed by atoms with Crippen LogP contribution in [0.2, 0.25) is 0 Å². The van der Waals surface area contributed by atoms with Crippen LogP contribution in [-0.4, -0.2) is 26.7 Å². The molecule has 0 aliphatic rings. The van der Waals surface area contributed by atoms with Gasteiger partial charge in [-0.2, -0.15) is 5.10 Å². The Balaban J connectivity index is 1.77. The first-order valence-electron chi connectivity index (χ1n) is 8.07. The molecule has 1 amide bonds. The molecule has 2 heterocycles. The molecular formula is C18H17FN4O3S. The summed E-state index contributed by atoms with van der Waals surface area (Å²) in [5, 5.41) is 14.2. The van der Waals surface area contributed by atoms with Crippen LogP contribution < -0.4 is 11.0 Å². The number of nitrogens with one attached hydrogen (secondary N) is 2. The number of carbonyl (C=O) groups is 1. The van der Waals surface area contributed by atoms with Crippen LogP contribution >= 0.6 is 11.3 Å². The Kier molecular flexibility index (Phi) is 5.04. The van der Waals surface area contributed by atoms with Gasteiger partial charge in [0.2, 0.25) is 5.91 Å². The van der Waals surface area contributed by atoms with Crippen molar-refractivity contribution in [2.75, 3.05) is 0 Å².